The number of benzene rings is 1. The Hall–Kier alpha value is -1.76. The number of rotatable bonds is 4. The van der Waals surface area contributed by atoms with Crippen molar-refractivity contribution in [2.45, 2.75) is 74.3 Å². The molecular weight excluding hydrogens is 536 g/mol. The molecule has 36 heavy (non-hydrogen) atoms. The highest BCUT2D eigenvalue weighted by molar-refractivity contribution is 9.10. The maximum absolute atomic E-state index is 11.8. The lowest BCUT2D eigenvalue weighted by Crippen LogP contribution is -2.81. The molecule has 198 valence electrons. The Balaban J connectivity index is 0.000000230. The molecule has 10 nitrogen and oxygen atoms in total. The van der Waals surface area contributed by atoms with Crippen LogP contribution < -0.4 is 10.0 Å². The number of carboxylic acid groups (broad SMARTS) is 2. The SMILES string of the molecule is CC[C@H]1C2C[C@@H]3[C@H]4N(C)c5ccc(Br)cc5C45C[C@@H](C2[C@H]5O)[N+]3(C)[C@@H]1O.O=C([O-])[C@H](O)[C@@H](O)C(=O)O. The molecule has 0 aromatic heterocycles. The summed E-state index contributed by atoms with van der Waals surface area (Å²) in [7, 11) is 4.50. The van der Waals surface area contributed by atoms with Crippen molar-refractivity contribution in [1.82, 2.24) is 0 Å². The van der Waals surface area contributed by atoms with Gasteiger partial charge in [0.2, 0.25) is 0 Å². The van der Waals surface area contributed by atoms with E-state index in [-0.39, 0.29) is 23.8 Å². The minimum atomic E-state index is -2.38. The predicted molar refractivity (Wildman–Crippen MR) is 128 cm³/mol. The van der Waals surface area contributed by atoms with Crippen LogP contribution in [-0.2, 0) is 15.0 Å². The molecule has 0 radical (unpaired) electrons. The van der Waals surface area contributed by atoms with Gasteiger partial charge in [0.05, 0.1) is 36.6 Å². The highest BCUT2D eigenvalue weighted by Gasteiger charge is 2.82. The molecule has 1 aromatic carbocycles. The van der Waals surface area contributed by atoms with Crippen LogP contribution in [0.5, 0.6) is 0 Å². The minimum absolute atomic E-state index is 0.164. The second-order valence-corrected chi connectivity index (χ2v) is 12.2. The number of hydrogen-bond acceptors (Lipinski definition) is 8. The molecule has 4 saturated heterocycles. The van der Waals surface area contributed by atoms with Gasteiger partial charge < -0.3 is 40.3 Å². The average Bonchev–Trinajstić information content (AvgIpc) is 3.21. The zero-order chi connectivity index (χ0) is 26.5. The van der Waals surface area contributed by atoms with Crippen molar-refractivity contribution in [3.8, 4) is 0 Å². The maximum atomic E-state index is 11.8. The average molecular weight is 569 g/mol. The van der Waals surface area contributed by atoms with Crippen LogP contribution in [0.4, 0.5) is 5.69 Å². The van der Waals surface area contributed by atoms with Gasteiger partial charge >= 0.3 is 5.97 Å². The van der Waals surface area contributed by atoms with Crippen LogP contribution in [0.3, 0.4) is 0 Å². The number of carboxylic acids is 2. The van der Waals surface area contributed by atoms with Crippen molar-refractivity contribution < 1.29 is 44.7 Å². The molecular formula is C25H33BrN2O8. The van der Waals surface area contributed by atoms with Crippen molar-refractivity contribution in [2.24, 2.45) is 17.8 Å². The van der Waals surface area contributed by atoms with Crippen molar-refractivity contribution in [1.29, 1.82) is 0 Å². The van der Waals surface area contributed by atoms with Crippen LogP contribution in [0, 0.1) is 17.8 Å². The fraction of sp³-hybridized carbons (Fsp3) is 0.680. The Morgan fingerprint density at radius 3 is 2.47 bits per heavy atom. The van der Waals surface area contributed by atoms with Gasteiger partial charge in [-0.1, -0.05) is 22.9 Å². The largest absolute Gasteiger partial charge is 0.547 e. The molecule has 1 aliphatic carbocycles. The van der Waals surface area contributed by atoms with Gasteiger partial charge in [0, 0.05) is 41.9 Å². The van der Waals surface area contributed by atoms with Gasteiger partial charge in [0.1, 0.15) is 12.1 Å². The van der Waals surface area contributed by atoms with E-state index >= 15 is 0 Å². The Labute approximate surface area is 217 Å². The number of halogens is 1. The molecule has 7 rings (SSSR count). The number of aliphatic carboxylic acids is 2. The number of carbonyl (C=O) groups is 2. The number of likely N-dealkylation sites (N-methyl/N-ethyl adjacent to an activating group) is 2. The zero-order valence-corrected chi connectivity index (χ0v) is 21.9. The Morgan fingerprint density at radius 2 is 1.92 bits per heavy atom. The van der Waals surface area contributed by atoms with Crippen LogP contribution in [0.15, 0.2) is 22.7 Å². The van der Waals surface area contributed by atoms with E-state index in [1.54, 1.807) is 0 Å². The number of nitrogens with zero attached hydrogens (tertiary/aromatic N) is 2. The van der Waals surface area contributed by atoms with Crippen LogP contribution in [-0.4, -0.2) is 98.7 Å². The lowest BCUT2D eigenvalue weighted by molar-refractivity contribution is -1.02. The number of quaternary nitrogens is 1. The summed E-state index contributed by atoms with van der Waals surface area (Å²) < 4.78 is 1.87. The van der Waals surface area contributed by atoms with Crippen LogP contribution >= 0.6 is 15.9 Å². The third-order valence-electron chi connectivity index (χ3n) is 10.2. The van der Waals surface area contributed by atoms with Gasteiger partial charge in [-0.05, 0) is 36.1 Å². The first-order valence-corrected chi connectivity index (χ1v) is 13.2. The third kappa shape index (κ3) is 3.01. The molecule has 0 amide bonds. The minimum Gasteiger partial charge on any atom is -0.547 e. The van der Waals surface area contributed by atoms with Crippen LogP contribution in [0.25, 0.3) is 0 Å². The first-order chi connectivity index (χ1) is 16.8. The van der Waals surface area contributed by atoms with Gasteiger partial charge in [-0.2, -0.15) is 0 Å². The third-order valence-corrected chi connectivity index (χ3v) is 10.7. The molecule has 12 atom stereocenters. The number of hydrogen-bond donors (Lipinski definition) is 5. The van der Waals surface area contributed by atoms with E-state index in [1.165, 1.54) is 11.3 Å². The molecule has 5 aliphatic heterocycles. The quantitative estimate of drug-likeness (QED) is 0.287. The fourth-order valence-electron chi connectivity index (χ4n) is 8.86. The number of fused-ring (bicyclic) bond motifs is 2. The van der Waals surface area contributed by atoms with Gasteiger partial charge in [0.15, 0.2) is 12.3 Å². The smallest absolute Gasteiger partial charge is 0.335 e. The Bertz CT molecular complexity index is 1090. The van der Waals surface area contributed by atoms with Crippen molar-refractivity contribution >= 4 is 33.6 Å². The summed E-state index contributed by atoms with van der Waals surface area (Å²) in [4.78, 5) is 21.8. The second-order valence-electron chi connectivity index (χ2n) is 11.3. The normalized spacial score (nSPS) is 44.4. The molecule has 1 aromatic rings. The van der Waals surface area contributed by atoms with E-state index in [4.69, 9.17) is 15.3 Å². The zero-order valence-electron chi connectivity index (χ0n) is 20.4. The van der Waals surface area contributed by atoms with Crippen LogP contribution in [0.1, 0.15) is 31.7 Å². The summed E-state index contributed by atoms with van der Waals surface area (Å²) in [5.41, 5.74) is 2.44. The van der Waals surface area contributed by atoms with Crippen molar-refractivity contribution in [2.75, 3.05) is 19.0 Å². The molecule has 1 spiro atoms. The molecule has 5 fully saturated rings. The lowest BCUT2D eigenvalue weighted by Gasteiger charge is -2.66. The van der Waals surface area contributed by atoms with Gasteiger partial charge in [-0.3, -0.25) is 4.48 Å². The number of carbonyl (C=O) groups excluding carboxylic acids is 1. The van der Waals surface area contributed by atoms with E-state index in [1.807, 2.05) is 0 Å². The summed E-state index contributed by atoms with van der Waals surface area (Å²) >= 11 is 3.67. The summed E-state index contributed by atoms with van der Waals surface area (Å²) in [6.07, 6.45) is -2.12. The van der Waals surface area contributed by atoms with Crippen molar-refractivity contribution in [3.05, 3.63) is 28.2 Å². The molecule has 6 aliphatic rings. The Kier molecular flexibility index (Phi) is 6.02. The van der Waals surface area contributed by atoms with E-state index in [0.717, 1.165) is 28.2 Å². The summed E-state index contributed by atoms with van der Waals surface area (Å²) in [6, 6.07) is 7.66. The van der Waals surface area contributed by atoms with Crippen LogP contribution in [0.2, 0.25) is 0 Å². The predicted octanol–water partition coefficient (Wildman–Crippen LogP) is -0.996. The summed E-state index contributed by atoms with van der Waals surface area (Å²) in [5, 5.41) is 57.3. The first-order valence-electron chi connectivity index (χ1n) is 12.4. The van der Waals surface area contributed by atoms with Gasteiger partial charge in [0.25, 0.3) is 0 Å². The summed E-state index contributed by atoms with van der Waals surface area (Å²) in [5.74, 6) is -2.71. The molecule has 1 saturated carbocycles. The fourth-order valence-corrected chi connectivity index (χ4v) is 9.22. The topological polar surface area (TPSA) is 162 Å². The molecule has 5 bridgehead atoms. The number of piperidine rings is 4. The van der Waals surface area contributed by atoms with Gasteiger partial charge in [-0.15, -0.1) is 0 Å². The van der Waals surface area contributed by atoms with E-state index in [2.05, 4.69) is 60.0 Å². The first kappa shape index (κ1) is 25.9. The second kappa shape index (κ2) is 8.37. The highest BCUT2D eigenvalue weighted by Crippen LogP contribution is 2.71. The lowest BCUT2D eigenvalue weighted by atomic mass is 9.61. The number of aliphatic hydroxyl groups is 4. The highest BCUT2D eigenvalue weighted by atomic mass is 79.9. The van der Waals surface area contributed by atoms with Crippen molar-refractivity contribution in [3.63, 3.8) is 0 Å². The van der Waals surface area contributed by atoms with Gasteiger partial charge in [-0.25, -0.2) is 4.79 Å². The van der Waals surface area contributed by atoms with E-state index < -0.39 is 24.1 Å². The van der Waals surface area contributed by atoms with E-state index in [0.29, 0.717) is 29.8 Å². The summed E-state index contributed by atoms with van der Waals surface area (Å²) in [6.45, 7) is 2.21. The molecule has 4 unspecified atom stereocenters. The van der Waals surface area contributed by atoms with E-state index in [9.17, 15) is 24.9 Å². The maximum Gasteiger partial charge on any atom is 0.335 e. The number of aliphatic hydroxyl groups excluding tert-OH is 4. The monoisotopic (exact) mass is 568 g/mol. The molecule has 11 heteroatoms. The standard InChI is InChI=1S/C21H28BrN2O2.C4H6O6/c1-4-11-12-8-15-18-21(13-7-10(22)5-6-14(13)23(18)2)9-16(17(12)19(21)25)24(15,3)20(11)26;5-1(3(7)8)2(6)4(9)10/h5-7,11-12,15-20,25-26H,4,8-9H2,1-3H3;1-2,5-6H,(H,7,8)(H,9,10)/q+1;/p-1/t11-,12?,15+,16-,17?,18+,19+,20+,21?,24?;1-,2-/m01/s1. The number of anilines is 1. The Morgan fingerprint density at radius 1 is 1.25 bits per heavy atom. The molecule has 5 heterocycles. The molecule has 5 N–H and O–H groups in total.